The maximum atomic E-state index is 11.7. The van der Waals surface area contributed by atoms with E-state index in [1.807, 2.05) is 6.92 Å². The zero-order valence-electron chi connectivity index (χ0n) is 10.8. The van der Waals surface area contributed by atoms with Gasteiger partial charge in [0.2, 0.25) is 5.91 Å². The molecule has 0 heterocycles. The molecule has 4 N–H and O–H groups in total. The maximum absolute atomic E-state index is 11.7. The number of carbonyl (C=O) groups excluding carboxylic acids is 1. The van der Waals surface area contributed by atoms with Crippen molar-refractivity contribution in [3.63, 3.8) is 0 Å². The first-order valence-corrected chi connectivity index (χ1v) is 5.72. The highest BCUT2D eigenvalue weighted by Gasteiger charge is 2.23. The number of carboxylic acid groups (broad SMARTS) is 1. The Morgan fingerprint density at radius 3 is 2.44 bits per heavy atom. The summed E-state index contributed by atoms with van der Waals surface area (Å²) in [5.74, 6) is -1.50. The Labute approximate surface area is 106 Å². The number of hydrogen-bond donors (Lipinski definition) is 3. The smallest absolute Gasteiger partial charge is 0.337 e. The van der Waals surface area contributed by atoms with E-state index in [0.717, 1.165) is 12.0 Å². The first kappa shape index (κ1) is 14.2. The Kier molecular flexibility index (Phi) is 4.08. The van der Waals surface area contributed by atoms with Crippen LogP contribution in [0.2, 0.25) is 0 Å². The normalized spacial score (nSPS) is 11.1. The minimum Gasteiger partial charge on any atom is -0.478 e. The van der Waals surface area contributed by atoms with Crippen molar-refractivity contribution in [3.05, 3.63) is 29.3 Å². The van der Waals surface area contributed by atoms with Crippen molar-refractivity contribution in [1.82, 2.24) is 0 Å². The maximum Gasteiger partial charge on any atom is 0.337 e. The topological polar surface area (TPSA) is 92.4 Å². The van der Waals surface area contributed by atoms with Gasteiger partial charge in [-0.3, -0.25) is 4.79 Å². The number of amides is 1. The molecule has 18 heavy (non-hydrogen) atoms. The van der Waals surface area contributed by atoms with Crippen LogP contribution in [0.5, 0.6) is 0 Å². The zero-order chi connectivity index (χ0) is 13.9. The molecule has 0 radical (unpaired) electrons. The highest BCUT2D eigenvalue weighted by molar-refractivity contribution is 6.03. The van der Waals surface area contributed by atoms with Crippen LogP contribution >= 0.6 is 0 Å². The van der Waals surface area contributed by atoms with Crippen LogP contribution in [0, 0.1) is 0 Å². The molecule has 1 amide bonds. The van der Waals surface area contributed by atoms with Gasteiger partial charge < -0.3 is 16.2 Å². The fourth-order valence-electron chi connectivity index (χ4n) is 1.38. The summed E-state index contributed by atoms with van der Waals surface area (Å²) in [6.07, 6.45) is 0.733. The summed E-state index contributed by atoms with van der Waals surface area (Å²) >= 11 is 0. The van der Waals surface area contributed by atoms with E-state index in [1.54, 1.807) is 32.0 Å². The van der Waals surface area contributed by atoms with Crippen molar-refractivity contribution >= 4 is 17.6 Å². The van der Waals surface area contributed by atoms with Crippen molar-refractivity contribution in [2.75, 3.05) is 5.32 Å². The van der Waals surface area contributed by atoms with Crippen LogP contribution in [0.4, 0.5) is 5.69 Å². The second kappa shape index (κ2) is 5.18. The number of hydrogen-bond acceptors (Lipinski definition) is 3. The largest absolute Gasteiger partial charge is 0.478 e. The fraction of sp³-hybridized carbons (Fsp3) is 0.385. The summed E-state index contributed by atoms with van der Waals surface area (Å²) in [5, 5.41) is 11.7. The van der Waals surface area contributed by atoms with E-state index in [4.69, 9.17) is 10.8 Å². The summed E-state index contributed by atoms with van der Waals surface area (Å²) in [4.78, 5) is 22.9. The van der Waals surface area contributed by atoms with Crippen LogP contribution in [0.1, 0.15) is 36.7 Å². The van der Waals surface area contributed by atoms with Gasteiger partial charge in [0.05, 0.1) is 16.8 Å². The van der Waals surface area contributed by atoms with Gasteiger partial charge in [0.1, 0.15) is 0 Å². The molecule has 0 unspecified atom stereocenters. The van der Waals surface area contributed by atoms with Crippen LogP contribution in [0.25, 0.3) is 0 Å². The highest BCUT2D eigenvalue weighted by Crippen LogP contribution is 2.19. The number of anilines is 1. The molecule has 1 rings (SSSR count). The third-order valence-corrected chi connectivity index (χ3v) is 2.56. The second-order valence-electron chi connectivity index (χ2n) is 4.71. The Bertz CT molecular complexity index is 476. The summed E-state index contributed by atoms with van der Waals surface area (Å²) in [6, 6.07) is 4.93. The lowest BCUT2D eigenvalue weighted by Gasteiger charge is -2.19. The lowest BCUT2D eigenvalue weighted by atomic mass is 10.0. The van der Waals surface area contributed by atoms with Crippen LogP contribution in [-0.2, 0) is 11.2 Å². The van der Waals surface area contributed by atoms with Crippen molar-refractivity contribution in [2.45, 2.75) is 32.7 Å². The zero-order valence-corrected chi connectivity index (χ0v) is 10.8. The lowest BCUT2D eigenvalue weighted by Crippen LogP contribution is -2.45. The van der Waals surface area contributed by atoms with E-state index in [9.17, 15) is 9.59 Å². The predicted octanol–water partition coefficient (Wildman–Crippen LogP) is 1.62. The average molecular weight is 250 g/mol. The Balaban J connectivity index is 3.09. The molecule has 5 nitrogen and oxygen atoms in total. The molecule has 0 bridgehead atoms. The Morgan fingerprint density at radius 2 is 2.00 bits per heavy atom. The van der Waals surface area contributed by atoms with Crippen molar-refractivity contribution in [3.8, 4) is 0 Å². The summed E-state index contributed by atoms with van der Waals surface area (Å²) in [6.45, 7) is 5.05. The number of aromatic carboxylic acids is 1. The second-order valence-corrected chi connectivity index (χ2v) is 4.71. The van der Waals surface area contributed by atoms with E-state index in [1.165, 1.54) is 0 Å². The minimum absolute atomic E-state index is 0.0759. The first-order valence-electron chi connectivity index (χ1n) is 5.72. The first-order chi connectivity index (χ1) is 8.25. The van der Waals surface area contributed by atoms with Gasteiger partial charge >= 0.3 is 5.97 Å². The molecule has 0 atom stereocenters. The minimum atomic E-state index is -1.07. The molecular formula is C13H18N2O3. The van der Waals surface area contributed by atoms with Crippen molar-refractivity contribution < 1.29 is 14.7 Å². The molecule has 98 valence electrons. The standard InChI is InChI=1S/C13H18N2O3/c1-4-8-5-6-10(9(7-8)11(16)17)15-12(18)13(2,3)14/h5-7H,4,14H2,1-3H3,(H,15,18)(H,16,17). The Hall–Kier alpha value is -1.88. The van der Waals surface area contributed by atoms with E-state index in [-0.39, 0.29) is 11.3 Å². The fourth-order valence-corrected chi connectivity index (χ4v) is 1.38. The van der Waals surface area contributed by atoms with Gasteiger partial charge in [0, 0.05) is 0 Å². The molecule has 0 aliphatic rings. The quantitative estimate of drug-likeness (QED) is 0.757. The third-order valence-electron chi connectivity index (χ3n) is 2.56. The van der Waals surface area contributed by atoms with Crippen molar-refractivity contribution in [1.29, 1.82) is 0 Å². The molecule has 0 spiro atoms. The van der Waals surface area contributed by atoms with Crippen LogP contribution in [0.3, 0.4) is 0 Å². The van der Waals surface area contributed by atoms with Gasteiger partial charge in [0.25, 0.3) is 0 Å². The van der Waals surface area contributed by atoms with Crippen molar-refractivity contribution in [2.24, 2.45) is 5.73 Å². The number of nitrogens with one attached hydrogen (secondary N) is 1. The van der Waals surface area contributed by atoms with E-state index in [2.05, 4.69) is 5.32 Å². The molecule has 1 aromatic rings. The van der Waals surface area contributed by atoms with Crippen LogP contribution in [-0.4, -0.2) is 22.5 Å². The van der Waals surface area contributed by atoms with Gasteiger partial charge in [-0.15, -0.1) is 0 Å². The van der Waals surface area contributed by atoms with Gasteiger partial charge in [-0.05, 0) is 38.0 Å². The van der Waals surface area contributed by atoms with E-state index < -0.39 is 17.4 Å². The highest BCUT2D eigenvalue weighted by atomic mass is 16.4. The number of aryl methyl sites for hydroxylation is 1. The molecule has 0 aromatic heterocycles. The summed E-state index contributed by atoms with van der Waals surface area (Å²) in [7, 11) is 0. The summed E-state index contributed by atoms with van der Waals surface area (Å²) < 4.78 is 0. The van der Waals surface area contributed by atoms with Gasteiger partial charge in [-0.1, -0.05) is 13.0 Å². The molecule has 1 aromatic carbocycles. The number of carbonyl (C=O) groups is 2. The molecule has 0 aliphatic heterocycles. The molecule has 0 fully saturated rings. The summed E-state index contributed by atoms with van der Waals surface area (Å²) in [5.41, 5.74) is 5.84. The Morgan fingerprint density at radius 1 is 1.39 bits per heavy atom. The van der Waals surface area contributed by atoms with Gasteiger partial charge in [0.15, 0.2) is 0 Å². The average Bonchev–Trinajstić information content (AvgIpc) is 2.27. The molecular weight excluding hydrogens is 232 g/mol. The number of carboxylic acids is 1. The third kappa shape index (κ3) is 3.30. The monoisotopic (exact) mass is 250 g/mol. The molecule has 0 aliphatic carbocycles. The van der Waals surface area contributed by atoms with E-state index in [0.29, 0.717) is 0 Å². The number of nitrogens with two attached hydrogens (primary N) is 1. The number of benzene rings is 1. The molecule has 0 saturated heterocycles. The van der Waals surface area contributed by atoms with Gasteiger partial charge in [-0.25, -0.2) is 4.79 Å². The number of rotatable bonds is 4. The van der Waals surface area contributed by atoms with Gasteiger partial charge in [-0.2, -0.15) is 0 Å². The van der Waals surface area contributed by atoms with Crippen LogP contribution in [0.15, 0.2) is 18.2 Å². The predicted molar refractivity (Wildman–Crippen MR) is 69.7 cm³/mol. The van der Waals surface area contributed by atoms with E-state index >= 15 is 0 Å². The lowest BCUT2D eigenvalue weighted by molar-refractivity contribution is -0.120. The molecule has 5 heteroatoms. The SMILES string of the molecule is CCc1ccc(NC(=O)C(C)(C)N)c(C(=O)O)c1. The molecule has 0 saturated carbocycles. The van der Waals surface area contributed by atoms with Crippen LogP contribution < -0.4 is 11.1 Å².